The van der Waals surface area contributed by atoms with Crippen LogP contribution in [0.1, 0.15) is 13.8 Å². The van der Waals surface area contributed by atoms with E-state index in [9.17, 15) is 4.79 Å². The van der Waals surface area contributed by atoms with Crippen LogP contribution in [0.4, 0.5) is 0 Å². The molecular weight excluding hydrogens is 138 g/mol. The van der Waals surface area contributed by atoms with Gasteiger partial charge in [0.05, 0.1) is 0 Å². The standard InChI is InChI=1S/C6H10ClNO/c1-3-5(2)8-6(9)4-7/h3H,4H2,1-2H3,(H,8,9)/b5-3+. The molecule has 0 saturated heterocycles. The average molecular weight is 148 g/mol. The fourth-order valence-electron chi connectivity index (χ4n) is 0.325. The van der Waals surface area contributed by atoms with Gasteiger partial charge in [-0.3, -0.25) is 4.79 Å². The molecule has 0 aliphatic heterocycles. The highest BCUT2D eigenvalue weighted by Gasteiger charge is 1.95. The average Bonchev–Trinajstić information content (AvgIpc) is 1.87. The topological polar surface area (TPSA) is 29.1 Å². The molecule has 0 rings (SSSR count). The molecule has 2 nitrogen and oxygen atoms in total. The van der Waals surface area contributed by atoms with Crippen molar-refractivity contribution in [3.05, 3.63) is 11.8 Å². The van der Waals surface area contributed by atoms with Crippen LogP contribution >= 0.6 is 11.6 Å². The summed E-state index contributed by atoms with van der Waals surface area (Å²) in [6.45, 7) is 3.66. The molecule has 0 radical (unpaired) electrons. The zero-order valence-corrected chi connectivity index (χ0v) is 6.33. The smallest absolute Gasteiger partial charge is 0.239 e. The van der Waals surface area contributed by atoms with E-state index in [4.69, 9.17) is 11.6 Å². The van der Waals surface area contributed by atoms with E-state index in [1.54, 1.807) is 0 Å². The molecule has 0 fully saturated rings. The van der Waals surface area contributed by atoms with Gasteiger partial charge in [-0.25, -0.2) is 0 Å². The largest absolute Gasteiger partial charge is 0.329 e. The van der Waals surface area contributed by atoms with Gasteiger partial charge >= 0.3 is 0 Å². The van der Waals surface area contributed by atoms with E-state index in [0.29, 0.717) is 0 Å². The van der Waals surface area contributed by atoms with Gasteiger partial charge in [0.15, 0.2) is 0 Å². The van der Waals surface area contributed by atoms with E-state index in [1.807, 2.05) is 19.9 Å². The molecule has 0 aromatic rings. The first-order valence-corrected chi connectivity index (χ1v) is 3.23. The maximum Gasteiger partial charge on any atom is 0.239 e. The molecule has 0 spiro atoms. The van der Waals surface area contributed by atoms with Gasteiger partial charge in [-0.15, -0.1) is 11.6 Å². The Morgan fingerprint density at radius 1 is 1.78 bits per heavy atom. The Balaban J connectivity index is 3.60. The summed E-state index contributed by atoms with van der Waals surface area (Å²) in [5.41, 5.74) is 0.834. The first kappa shape index (κ1) is 8.50. The van der Waals surface area contributed by atoms with Crippen LogP contribution in [0.5, 0.6) is 0 Å². The van der Waals surface area contributed by atoms with Crippen molar-refractivity contribution in [2.45, 2.75) is 13.8 Å². The van der Waals surface area contributed by atoms with E-state index in [2.05, 4.69) is 5.32 Å². The van der Waals surface area contributed by atoms with Crippen LogP contribution in [0.2, 0.25) is 0 Å². The monoisotopic (exact) mass is 147 g/mol. The molecule has 0 bridgehead atoms. The Kier molecular flexibility index (Phi) is 4.14. The minimum atomic E-state index is -0.160. The summed E-state index contributed by atoms with van der Waals surface area (Å²) in [7, 11) is 0. The molecule has 1 N–H and O–H groups in total. The summed E-state index contributed by atoms with van der Waals surface area (Å²) in [6, 6.07) is 0. The van der Waals surface area contributed by atoms with Crippen molar-refractivity contribution >= 4 is 17.5 Å². The summed E-state index contributed by atoms with van der Waals surface area (Å²) in [5.74, 6) is -0.141. The molecular formula is C6H10ClNO. The molecule has 9 heavy (non-hydrogen) atoms. The van der Waals surface area contributed by atoms with E-state index in [0.717, 1.165) is 5.70 Å². The van der Waals surface area contributed by atoms with Gasteiger partial charge in [0.1, 0.15) is 5.88 Å². The Morgan fingerprint density at radius 3 is 2.67 bits per heavy atom. The van der Waals surface area contributed by atoms with Crippen LogP contribution in [0.3, 0.4) is 0 Å². The molecule has 0 unspecified atom stereocenters. The normalized spacial score (nSPS) is 11.2. The number of alkyl halides is 1. The number of hydrogen-bond donors (Lipinski definition) is 1. The highest BCUT2D eigenvalue weighted by molar-refractivity contribution is 6.27. The quantitative estimate of drug-likeness (QED) is 0.586. The lowest BCUT2D eigenvalue weighted by Gasteiger charge is -1.99. The maximum atomic E-state index is 10.5. The lowest BCUT2D eigenvalue weighted by molar-refractivity contribution is -0.117. The zero-order chi connectivity index (χ0) is 7.28. The molecule has 3 heteroatoms. The van der Waals surface area contributed by atoms with E-state index in [1.165, 1.54) is 0 Å². The third-order valence-electron chi connectivity index (χ3n) is 0.891. The predicted octanol–water partition coefficient (Wildman–Crippen LogP) is 1.27. The van der Waals surface area contributed by atoms with Crippen molar-refractivity contribution in [1.29, 1.82) is 0 Å². The van der Waals surface area contributed by atoms with Crippen molar-refractivity contribution in [2.24, 2.45) is 0 Å². The van der Waals surface area contributed by atoms with Crippen LogP contribution < -0.4 is 5.32 Å². The van der Waals surface area contributed by atoms with Gasteiger partial charge in [-0.05, 0) is 13.8 Å². The third-order valence-corrected chi connectivity index (χ3v) is 1.13. The minimum Gasteiger partial charge on any atom is -0.329 e. The Hall–Kier alpha value is -0.500. The molecule has 0 aliphatic carbocycles. The summed E-state index contributed by atoms with van der Waals surface area (Å²) < 4.78 is 0. The lowest BCUT2D eigenvalue weighted by atomic mass is 10.4. The number of carbonyl (C=O) groups is 1. The second-order valence-electron chi connectivity index (χ2n) is 1.65. The highest BCUT2D eigenvalue weighted by atomic mass is 35.5. The summed E-state index contributed by atoms with van der Waals surface area (Å²) in [5, 5.41) is 2.57. The van der Waals surface area contributed by atoms with Crippen molar-refractivity contribution < 1.29 is 4.79 Å². The Morgan fingerprint density at radius 2 is 2.33 bits per heavy atom. The fraction of sp³-hybridized carbons (Fsp3) is 0.500. The van der Waals surface area contributed by atoms with Gasteiger partial charge in [-0.2, -0.15) is 0 Å². The number of hydrogen-bond acceptors (Lipinski definition) is 1. The summed E-state index contributed by atoms with van der Waals surface area (Å²) >= 11 is 5.21. The molecule has 0 aliphatic rings. The van der Waals surface area contributed by atoms with E-state index >= 15 is 0 Å². The first-order valence-electron chi connectivity index (χ1n) is 2.69. The molecule has 0 aromatic carbocycles. The van der Waals surface area contributed by atoms with E-state index < -0.39 is 0 Å². The molecule has 52 valence electrons. The SMILES string of the molecule is C/C=C(\C)NC(=O)CCl. The van der Waals surface area contributed by atoms with Gasteiger partial charge in [0, 0.05) is 5.70 Å². The fourth-order valence-corrected chi connectivity index (χ4v) is 0.392. The highest BCUT2D eigenvalue weighted by Crippen LogP contribution is 1.85. The van der Waals surface area contributed by atoms with Crippen LogP contribution in [0.15, 0.2) is 11.8 Å². The second-order valence-corrected chi connectivity index (χ2v) is 1.92. The van der Waals surface area contributed by atoms with Gasteiger partial charge < -0.3 is 5.32 Å². The lowest BCUT2D eigenvalue weighted by Crippen LogP contribution is -2.21. The number of allylic oxidation sites excluding steroid dienone is 2. The van der Waals surface area contributed by atoms with Gasteiger partial charge in [-0.1, -0.05) is 6.08 Å². The van der Waals surface area contributed by atoms with Crippen LogP contribution in [0.25, 0.3) is 0 Å². The van der Waals surface area contributed by atoms with E-state index in [-0.39, 0.29) is 11.8 Å². The third kappa shape index (κ3) is 4.03. The van der Waals surface area contributed by atoms with Crippen molar-refractivity contribution in [1.82, 2.24) is 5.32 Å². The summed E-state index contributed by atoms with van der Waals surface area (Å²) in [4.78, 5) is 10.5. The molecule has 0 heterocycles. The number of nitrogens with one attached hydrogen (secondary N) is 1. The summed E-state index contributed by atoms with van der Waals surface area (Å²) in [6.07, 6.45) is 1.81. The molecule has 1 amide bonds. The maximum absolute atomic E-state index is 10.5. The molecule has 0 atom stereocenters. The van der Waals surface area contributed by atoms with Crippen LogP contribution in [-0.2, 0) is 4.79 Å². The molecule has 0 saturated carbocycles. The number of halogens is 1. The number of rotatable bonds is 2. The Bertz CT molecular complexity index is 131. The molecule has 0 aromatic heterocycles. The minimum absolute atomic E-state index is 0.0190. The van der Waals surface area contributed by atoms with Crippen molar-refractivity contribution in [3.63, 3.8) is 0 Å². The van der Waals surface area contributed by atoms with Crippen molar-refractivity contribution in [2.75, 3.05) is 5.88 Å². The Labute approximate surface area is 59.9 Å². The second kappa shape index (κ2) is 4.39. The predicted molar refractivity (Wildman–Crippen MR) is 38.3 cm³/mol. The van der Waals surface area contributed by atoms with Crippen LogP contribution in [-0.4, -0.2) is 11.8 Å². The number of carbonyl (C=O) groups excluding carboxylic acids is 1. The van der Waals surface area contributed by atoms with Crippen molar-refractivity contribution in [3.8, 4) is 0 Å². The number of amides is 1. The van der Waals surface area contributed by atoms with Crippen LogP contribution in [0, 0.1) is 0 Å². The van der Waals surface area contributed by atoms with Gasteiger partial charge in [0.2, 0.25) is 5.91 Å². The first-order chi connectivity index (χ1) is 4.20. The van der Waals surface area contributed by atoms with Gasteiger partial charge in [0.25, 0.3) is 0 Å². The zero-order valence-electron chi connectivity index (χ0n) is 5.57.